The van der Waals surface area contributed by atoms with Crippen molar-refractivity contribution in [2.45, 2.75) is 45.6 Å². The molecule has 1 aliphatic rings. The number of nitrogens with one attached hydrogen (secondary N) is 1. The molecule has 5 heteroatoms. The molecule has 1 aromatic heterocycles. The number of hydrogen-bond donors (Lipinski definition) is 1. The van der Waals surface area contributed by atoms with Crippen LogP contribution in [-0.4, -0.2) is 35.8 Å². The van der Waals surface area contributed by atoms with Crippen LogP contribution in [0, 0.1) is 0 Å². The summed E-state index contributed by atoms with van der Waals surface area (Å²) in [6.07, 6.45) is 1.03. The molecule has 1 aliphatic heterocycles. The van der Waals surface area contributed by atoms with E-state index in [0.717, 1.165) is 31.2 Å². The molecule has 1 N–H and O–H groups in total. The molecule has 0 spiro atoms. The van der Waals surface area contributed by atoms with Crippen molar-refractivity contribution >= 4 is 5.82 Å². The van der Waals surface area contributed by atoms with Gasteiger partial charge in [-0.3, -0.25) is 0 Å². The van der Waals surface area contributed by atoms with Crippen LogP contribution in [0.4, 0.5) is 5.82 Å². The van der Waals surface area contributed by atoms with Crippen LogP contribution < -0.4 is 10.1 Å². The molecule has 106 valence electrons. The summed E-state index contributed by atoms with van der Waals surface area (Å²) in [4.78, 5) is 9.06. The van der Waals surface area contributed by atoms with Crippen molar-refractivity contribution < 1.29 is 9.47 Å². The highest BCUT2D eigenvalue weighted by Crippen LogP contribution is 2.24. The topological polar surface area (TPSA) is 56.3 Å². The zero-order valence-corrected chi connectivity index (χ0v) is 12.2. The lowest BCUT2D eigenvalue weighted by molar-refractivity contribution is 0.137. The molecule has 1 aromatic rings. The van der Waals surface area contributed by atoms with Crippen LogP contribution in [0.15, 0.2) is 6.07 Å². The Labute approximate surface area is 114 Å². The Balaban J connectivity index is 2.22. The second kappa shape index (κ2) is 5.74. The van der Waals surface area contributed by atoms with E-state index in [2.05, 4.69) is 36.1 Å². The van der Waals surface area contributed by atoms with Crippen molar-refractivity contribution in [3.8, 4) is 5.88 Å². The molecular weight excluding hydrogens is 242 g/mol. The monoisotopic (exact) mass is 265 g/mol. The summed E-state index contributed by atoms with van der Waals surface area (Å²) in [5.74, 6) is 2.24. The van der Waals surface area contributed by atoms with E-state index >= 15 is 0 Å². The average molecular weight is 265 g/mol. The molecule has 2 heterocycles. The highest BCUT2D eigenvalue weighted by atomic mass is 16.5. The SMILES string of the molecule is CCNc1cc(OC2CCOC2)nc(C(C)(C)C)n1. The van der Waals surface area contributed by atoms with Gasteiger partial charge in [-0.25, -0.2) is 4.98 Å². The van der Waals surface area contributed by atoms with Gasteiger partial charge in [-0.05, 0) is 6.92 Å². The van der Waals surface area contributed by atoms with Crippen LogP contribution in [0.25, 0.3) is 0 Å². The van der Waals surface area contributed by atoms with E-state index in [1.54, 1.807) is 0 Å². The number of hydrogen-bond acceptors (Lipinski definition) is 5. The molecule has 1 fully saturated rings. The van der Waals surface area contributed by atoms with E-state index in [4.69, 9.17) is 9.47 Å². The van der Waals surface area contributed by atoms with Gasteiger partial charge in [0, 0.05) is 24.4 Å². The fourth-order valence-corrected chi connectivity index (χ4v) is 1.87. The lowest BCUT2D eigenvalue weighted by atomic mass is 9.96. The molecular formula is C14H23N3O2. The third-order valence-corrected chi connectivity index (χ3v) is 2.91. The normalized spacial score (nSPS) is 19.5. The quantitative estimate of drug-likeness (QED) is 0.905. The molecule has 5 nitrogen and oxygen atoms in total. The molecule has 1 atom stereocenters. The molecule has 0 aromatic carbocycles. The second-order valence-corrected chi connectivity index (χ2v) is 5.80. The van der Waals surface area contributed by atoms with Crippen LogP contribution in [0.2, 0.25) is 0 Å². The summed E-state index contributed by atoms with van der Waals surface area (Å²) in [6, 6.07) is 1.86. The van der Waals surface area contributed by atoms with Gasteiger partial charge in [0.05, 0.1) is 13.2 Å². The van der Waals surface area contributed by atoms with Crippen molar-refractivity contribution in [3.63, 3.8) is 0 Å². The number of rotatable bonds is 4. The third-order valence-electron chi connectivity index (χ3n) is 2.91. The van der Waals surface area contributed by atoms with Crippen molar-refractivity contribution in [1.82, 2.24) is 9.97 Å². The minimum absolute atomic E-state index is 0.101. The predicted octanol–water partition coefficient (Wildman–Crippen LogP) is 2.37. The van der Waals surface area contributed by atoms with E-state index in [9.17, 15) is 0 Å². The van der Waals surface area contributed by atoms with E-state index in [-0.39, 0.29) is 11.5 Å². The van der Waals surface area contributed by atoms with Crippen molar-refractivity contribution in [2.75, 3.05) is 25.1 Å². The Hall–Kier alpha value is -1.36. The Bertz CT molecular complexity index is 423. The Morgan fingerprint density at radius 1 is 1.42 bits per heavy atom. The molecule has 0 aliphatic carbocycles. The molecule has 0 radical (unpaired) electrons. The summed E-state index contributed by atoms with van der Waals surface area (Å²) in [5, 5.41) is 3.22. The van der Waals surface area contributed by atoms with Gasteiger partial charge < -0.3 is 14.8 Å². The molecule has 19 heavy (non-hydrogen) atoms. The van der Waals surface area contributed by atoms with Crippen LogP contribution in [0.1, 0.15) is 39.9 Å². The molecule has 0 bridgehead atoms. The van der Waals surface area contributed by atoms with Crippen LogP contribution >= 0.6 is 0 Å². The molecule has 1 unspecified atom stereocenters. The lowest BCUT2D eigenvalue weighted by Gasteiger charge is -2.20. The first-order chi connectivity index (χ1) is 8.99. The standard InChI is InChI=1S/C14H23N3O2/c1-5-15-11-8-12(19-10-6-7-18-9-10)17-13(16-11)14(2,3)4/h8,10H,5-7,9H2,1-4H3,(H,15,16,17). The molecule has 0 amide bonds. The van der Waals surface area contributed by atoms with Gasteiger partial charge in [-0.15, -0.1) is 0 Å². The highest BCUT2D eigenvalue weighted by molar-refractivity contribution is 5.39. The van der Waals surface area contributed by atoms with E-state index in [0.29, 0.717) is 12.5 Å². The third kappa shape index (κ3) is 3.80. The van der Waals surface area contributed by atoms with Crippen LogP contribution in [0.5, 0.6) is 5.88 Å². The van der Waals surface area contributed by atoms with E-state index < -0.39 is 0 Å². The average Bonchev–Trinajstić information content (AvgIpc) is 2.81. The predicted molar refractivity (Wildman–Crippen MR) is 74.7 cm³/mol. The molecule has 1 saturated heterocycles. The zero-order valence-electron chi connectivity index (χ0n) is 12.2. The maximum atomic E-state index is 5.88. The minimum Gasteiger partial charge on any atom is -0.472 e. The van der Waals surface area contributed by atoms with Crippen LogP contribution in [0.3, 0.4) is 0 Å². The Kier molecular flexibility index (Phi) is 4.24. The number of anilines is 1. The summed E-state index contributed by atoms with van der Waals surface area (Å²) in [5.41, 5.74) is -0.101. The van der Waals surface area contributed by atoms with Crippen molar-refractivity contribution in [1.29, 1.82) is 0 Å². The lowest BCUT2D eigenvalue weighted by Crippen LogP contribution is -2.21. The zero-order chi connectivity index (χ0) is 13.9. The van der Waals surface area contributed by atoms with Gasteiger partial charge in [-0.2, -0.15) is 4.98 Å². The first-order valence-corrected chi connectivity index (χ1v) is 6.87. The number of aromatic nitrogens is 2. The van der Waals surface area contributed by atoms with Gasteiger partial charge in [0.2, 0.25) is 5.88 Å². The van der Waals surface area contributed by atoms with Gasteiger partial charge in [0.25, 0.3) is 0 Å². The highest BCUT2D eigenvalue weighted by Gasteiger charge is 2.22. The van der Waals surface area contributed by atoms with Crippen molar-refractivity contribution in [2.24, 2.45) is 0 Å². The summed E-state index contributed by atoms with van der Waals surface area (Å²) < 4.78 is 11.2. The van der Waals surface area contributed by atoms with E-state index in [1.807, 2.05) is 13.0 Å². The smallest absolute Gasteiger partial charge is 0.219 e. The summed E-state index contributed by atoms with van der Waals surface area (Å²) in [7, 11) is 0. The Morgan fingerprint density at radius 3 is 2.79 bits per heavy atom. The fourth-order valence-electron chi connectivity index (χ4n) is 1.87. The first kappa shape index (κ1) is 14.1. The van der Waals surface area contributed by atoms with Crippen molar-refractivity contribution in [3.05, 3.63) is 11.9 Å². The largest absolute Gasteiger partial charge is 0.472 e. The second-order valence-electron chi connectivity index (χ2n) is 5.80. The number of ether oxygens (including phenoxy) is 2. The molecule has 0 saturated carbocycles. The summed E-state index contributed by atoms with van der Waals surface area (Å²) >= 11 is 0. The van der Waals surface area contributed by atoms with Gasteiger partial charge in [0.15, 0.2) is 0 Å². The number of nitrogens with zero attached hydrogens (tertiary/aromatic N) is 2. The summed E-state index contributed by atoms with van der Waals surface area (Å²) in [6.45, 7) is 10.6. The van der Waals surface area contributed by atoms with Gasteiger partial charge in [-0.1, -0.05) is 20.8 Å². The van der Waals surface area contributed by atoms with Gasteiger partial charge >= 0.3 is 0 Å². The van der Waals surface area contributed by atoms with Crippen LogP contribution in [-0.2, 0) is 10.2 Å². The van der Waals surface area contributed by atoms with E-state index in [1.165, 1.54) is 0 Å². The maximum Gasteiger partial charge on any atom is 0.219 e. The first-order valence-electron chi connectivity index (χ1n) is 6.87. The maximum absolute atomic E-state index is 5.88. The molecule has 2 rings (SSSR count). The van der Waals surface area contributed by atoms with Gasteiger partial charge in [0.1, 0.15) is 17.7 Å². The Morgan fingerprint density at radius 2 is 2.21 bits per heavy atom. The minimum atomic E-state index is -0.101. The fraction of sp³-hybridized carbons (Fsp3) is 0.714.